The molecule has 19 heavy (non-hydrogen) atoms. The molecule has 2 heterocycles. The molecule has 6 heteroatoms. The van der Waals surface area contributed by atoms with E-state index in [0.29, 0.717) is 4.88 Å². The van der Waals surface area contributed by atoms with Crippen LogP contribution in [0.3, 0.4) is 0 Å². The summed E-state index contributed by atoms with van der Waals surface area (Å²) in [5.41, 5.74) is 1.91. The zero-order chi connectivity index (χ0) is 13.2. The number of thiophene rings is 1. The van der Waals surface area contributed by atoms with Crippen LogP contribution in [-0.2, 0) is 0 Å². The fraction of sp³-hybridized carbons (Fsp3) is 0. The van der Waals surface area contributed by atoms with Gasteiger partial charge in [-0.1, -0.05) is 12.1 Å². The molecule has 94 valence electrons. The van der Waals surface area contributed by atoms with Crippen LogP contribution in [0.5, 0.6) is 0 Å². The van der Waals surface area contributed by atoms with Crippen molar-refractivity contribution >= 4 is 17.3 Å². The van der Waals surface area contributed by atoms with Gasteiger partial charge in [0.1, 0.15) is 17.5 Å². The first-order chi connectivity index (χ1) is 9.24. The van der Waals surface area contributed by atoms with Crippen molar-refractivity contribution in [1.82, 2.24) is 14.8 Å². The van der Waals surface area contributed by atoms with Crippen LogP contribution < -0.4 is 0 Å². The first kappa shape index (κ1) is 11.6. The summed E-state index contributed by atoms with van der Waals surface area (Å²) in [4.78, 5) is 12.2. The Labute approximate surface area is 112 Å². The highest BCUT2D eigenvalue weighted by molar-refractivity contribution is 7.17. The molecule has 0 aliphatic carbocycles. The molecule has 0 amide bonds. The number of carboxylic acids is 1. The molecule has 0 aliphatic heterocycles. The topological polar surface area (TPSA) is 68.0 Å². The smallest absolute Gasteiger partial charge is 0.345 e. The third-order valence-corrected chi connectivity index (χ3v) is 3.79. The van der Waals surface area contributed by atoms with E-state index in [1.165, 1.54) is 11.3 Å². The minimum Gasteiger partial charge on any atom is -0.477 e. The third kappa shape index (κ3) is 2.25. The minimum atomic E-state index is -0.897. The molecule has 3 rings (SSSR count). The predicted octanol–water partition coefficient (Wildman–Crippen LogP) is 2.69. The Hall–Kier alpha value is -2.47. The van der Waals surface area contributed by atoms with Crippen molar-refractivity contribution in [3.63, 3.8) is 0 Å². The van der Waals surface area contributed by atoms with Gasteiger partial charge < -0.3 is 5.11 Å². The summed E-state index contributed by atoms with van der Waals surface area (Å²) >= 11 is 1.26. The lowest BCUT2D eigenvalue weighted by atomic mass is 10.1. The number of nitrogens with zero attached hydrogens (tertiary/aromatic N) is 3. The van der Waals surface area contributed by atoms with Crippen LogP contribution >= 0.6 is 11.3 Å². The average Bonchev–Trinajstić information content (AvgIpc) is 3.10. The minimum absolute atomic E-state index is 0.338. The molecule has 1 N–H and O–H groups in total. The molecule has 0 radical (unpaired) electrons. The van der Waals surface area contributed by atoms with Crippen molar-refractivity contribution in [2.45, 2.75) is 0 Å². The number of carboxylic acid groups (broad SMARTS) is 1. The summed E-state index contributed by atoms with van der Waals surface area (Å²) in [6.45, 7) is 0. The van der Waals surface area contributed by atoms with Crippen molar-refractivity contribution in [2.75, 3.05) is 0 Å². The van der Waals surface area contributed by atoms with E-state index in [2.05, 4.69) is 10.2 Å². The van der Waals surface area contributed by atoms with Gasteiger partial charge in [-0.25, -0.2) is 4.79 Å². The Bertz CT molecular complexity index is 719. The Morgan fingerprint density at radius 3 is 2.63 bits per heavy atom. The fourth-order valence-corrected chi connectivity index (χ4v) is 2.60. The van der Waals surface area contributed by atoms with Gasteiger partial charge in [-0.2, -0.15) is 0 Å². The number of aromatic nitrogens is 3. The van der Waals surface area contributed by atoms with Gasteiger partial charge >= 0.3 is 5.97 Å². The van der Waals surface area contributed by atoms with Gasteiger partial charge in [0, 0.05) is 10.6 Å². The molecule has 0 atom stereocenters. The van der Waals surface area contributed by atoms with Gasteiger partial charge in [-0.15, -0.1) is 21.5 Å². The van der Waals surface area contributed by atoms with E-state index in [1.807, 2.05) is 30.3 Å². The Morgan fingerprint density at radius 1 is 1.16 bits per heavy atom. The maximum absolute atomic E-state index is 10.9. The molecule has 0 saturated heterocycles. The van der Waals surface area contributed by atoms with E-state index in [-0.39, 0.29) is 0 Å². The highest BCUT2D eigenvalue weighted by Crippen LogP contribution is 2.29. The van der Waals surface area contributed by atoms with Crippen molar-refractivity contribution in [3.05, 3.63) is 53.9 Å². The SMILES string of the molecule is O=C(O)c1ccc(-c2cccc(-n3cnnc3)c2)s1. The molecular formula is C13H9N3O2S. The van der Waals surface area contributed by atoms with E-state index >= 15 is 0 Å². The van der Waals surface area contributed by atoms with E-state index in [0.717, 1.165) is 16.1 Å². The van der Waals surface area contributed by atoms with Crippen molar-refractivity contribution in [2.24, 2.45) is 0 Å². The number of hydrogen-bond acceptors (Lipinski definition) is 4. The third-order valence-electron chi connectivity index (χ3n) is 2.66. The van der Waals surface area contributed by atoms with Gasteiger partial charge in [0.2, 0.25) is 0 Å². The molecule has 0 spiro atoms. The zero-order valence-corrected chi connectivity index (χ0v) is 10.5. The Balaban J connectivity index is 2.01. The standard InChI is InChI=1S/C13H9N3O2S/c17-13(18)12-5-4-11(19-12)9-2-1-3-10(6-9)16-7-14-15-8-16/h1-8H,(H,17,18). The lowest BCUT2D eigenvalue weighted by Crippen LogP contribution is -1.90. The summed E-state index contributed by atoms with van der Waals surface area (Å²) in [5.74, 6) is -0.897. The van der Waals surface area contributed by atoms with Gasteiger partial charge in [0.15, 0.2) is 0 Å². The van der Waals surface area contributed by atoms with E-state index < -0.39 is 5.97 Å². The van der Waals surface area contributed by atoms with Crippen LogP contribution in [0, 0.1) is 0 Å². The highest BCUT2D eigenvalue weighted by Gasteiger charge is 2.09. The number of rotatable bonds is 3. The lowest BCUT2D eigenvalue weighted by Gasteiger charge is -2.03. The van der Waals surface area contributed by atoms with Crippen LogP contribution in [0.1, 0.15) is 9.67 Å². The molecule has 0 bridgehead atoms. The largest absolute Gasteiger partial charge is 0.477 e. The molecular weight excluding hydrogens is 262 g/mol. The molecule has 1 aromatic carbocycles. The van der Waals surface area contributed by atoms with Crippen LogP contribution in [0.4, 0.5) is 0 Å². The fourth-order valence-electron chi connectivity index (χ4n) is 1.76. The number of benzene rings is 1. The molecule has 0 saturated carbocycles. The maximum Gasteiger partial charge on any atom is 0.345 e. The second kappa shape index (κ2) is 4.66. The summed E-state index contributed by atoms with van der Waals surface area (Å²) in [5, 5.41) is 16.5. The van der Waals surface area contributed by atoms with Crippen LogP contribution in [-0.4, -0.2) is 25.8 Å². The van der Waals surface area contributed by atoms with E-state index in [4.69, 9.17) is 5.11 Å². The summed E-state index contributed by atoms with van der Waals surface area (Å²) < 4.78 is 1.80. The number of aromatic carboxylic acids is 1. The summed E-state index contributed by atoms with van der Waals surface area (Å²) in [6, 6.07) is 11.2. The van der Waals surface area contributed by atoms with Crippen molar-refractivity contribution < 1.29 is 9.90 Å². The van der Waals surface area contributed by atoms with Gasteiger partial charge in [0.25, 0.3) is 0 Å². The van der Waals surface area contributed by atoms with Gasteiger partial charge in [-0.3, -0.25) is 4.57 Å². The van der Waals surface area contributed by atoms with Crippen molar-refractivity contribution in [1.29, 1.82) is 0 Å². The number of carbonyl (C=O) groups is 1. The van der Waals surface area contributed by atoms with Crippen LogP contribution in [0.25, 0.3) is 16.1 Å². The quantitative estimate of drug-likeness (QED) is 0.795. The maximum atomic E-state index is 10.9. The normalized spacial score (nSPS) is 10.5. The monoisotopic (exact) mass is 271 g/mol. The second-order valence-corrected chi connectivity index (χ2v) is 4.97. The average molecular weight is 271 g/mol. The van der Waals surface area contributed by atoms with Crippen molar-refractivity contribution in [3.8, 4) is 16.1 Å². The molecule has 0 fully saturated rings. The molecule has 0 unspecified atom stereocenters. The summed E-state index contributed by atoms with van der Waals surface area (Å²) in [7, 11) is 0. The first-order valence-electron chi connectivity index (χ1n) is 5.52. The highest BCUT2D eigenvalue weighted by atomic mass is 32.1. The molecule has 0 aliphatic rings. The van der Waals surface area contributed by atoms with Gasteiger partial charge in [0.05, 0.1) is 0 Å². The van der Waals surface area contributed by atoms with Crippen LogP contribution in [0.15, 0.2) is 49.1 Å². The predicted molar refractivity (Wildman–Crippen MR) is 71.6 cm³/mol. The second-order valence-electron chi connectivity index (χ2n) is 3.89. The Kier molecular flexibility index (Phi) is 2.85. The molecule has 2 aromatic heterocycles. The number of hydrogen-bond donors (Lipinski definition) is 1. The summed E-state index contributed by atoms with van der Waals surface area (Å²) in [6.07, 6.45) is 3.24. The van der Waals surface area contributed by atoms with E-state index in [1.54, 1.807) is 23.3 Å². The molecule has 5 nitrogen and oxygen atoms in total. The van der Waals surface area contributed by atoms with Gasteiger partial charge in [-0.05, 0) is 29.8 Å². The first-order valence-corrected chi connectivity index (χ1v) is 6.34. The lowest BCUT2D eigenvalue weighted by molar-refractivity contribution is 0.0702. The zero-order valence-electron chi connectivity index (χ0n) is 9.72. The molecule has 3 aromatic rings. The Morgan fingerprint density at radius 2 is 1.95 bits per heavy atom. The van der Waals surface area contributed by atoms with Crippen LogP contribution in [0.2, 0.25) is 0 Å². The van der Waals surface area contributed by atoms with E-state index in [9.17, 15) is 4.79 Å².